The second kappa shape index (κ2) is 8.64. The fraction of sp³-hybridized carbons (Fsp3) is 0.0870. The largest absolute Gasteiger partial charge is 0.409 e. The van der Waals surface area contributed by atoms with Crippen molar-refractivity contribution in [3.8, 4) is 0 Å². The molecule has 1 amide bonds. The summed E-state index contributed by atoms with van der Waals surface area (Å²) < 4.78 is 53.5. The van der Waals surface area contributed by atoms with Crippen molar-refractivity contribution in [3.05, 3.63) is 101 Å². The van der Waals surface area contributed by atoms with E-state index in [-0.39, 0.29) is 16.3 Å². The normalized spacial score (nSPS) is 16.1. The van der Waals surface area contributed by atoms with Gasteiger partial charge in [-0.2, -0.15) is 13.2 Å². The minimum Gasteiger partial charge on any atom is -0.322 e. The number of para-hydroxylation sites is 1. The summed E-state index contributed by atoms with van der Waals surface area (Å²) in [5.74, 6) is -0.963. The fourth-order valence-electron chi connectivity index (χ4n) is 3.27. The van der Waals surface area contributed by atoms with Gasteiger partial charge in [0.15, 0.2) is 0 Å². The van der Waals surface area contributed by atoms with E-state index in [9.17, 15) is 22.4 Å². The van der Waals surface area contributed by atoms with Crippen LogP contribution in [0.2, 0.25) is 5.02 Å². The maximum atomic E-state index is 13.4. The Labute approximate surface area is 186 Å². The van der Waals surface area contributed by atoms with E-state index in [1.807, 2.05) is 0 Å². The highest BCUT2D eigenvalue weighted by Crippen LogP contribution is 2.37. The van der Waals surface area contributed by atoms with Crippen LogP contribution in [0.3, 0.4) is 0 Å². The number of nitrogens with zero attached hydrogens (tertiary/aromatic N) is 1. The van der Waals surface area contributed by atoms with Crippen LogP contribution in [0.4, 0.5) is 28.9 Å². The number of hydrazine groups is 1. The SMILES string of the molecule is O=C(Nc1cccc(F)c1)c1ccc(C2=CC(C(F)(F)F)NN2c2ccccc2Cl)cc1. The average Bonchev–Trinajstić information content (AvgIpc) is 3.20. The Bertz CT molecular complexity index is 1180. The van der Waals surface area contributed by atoms with Crippen LogP contribution in [0.5, 0.6) is 0 Å². The molecular formula is C23H16ClF4N3O. The van der Waals surface area contributed by atoms with Crippen molar-refractivity contribution in [3.63, 3.8) is 0 Å². The highest BCUT2D eigenvalue weighted by Gasteiger charge is 2.44. The summed E-state index contributed by atoms with van der Waals surface area (Å²) >= 11 is 6.20. The quantitative estimate of drug-likeness (QED) is 0.466. The molecule has 1 aliphatic heterocycles. The first kappa shape index (κ1) is 21.9. The molecule has 0 bridgehead atoms. The van der Waals surface area contributed by atoms with Crippen LogP contribution in [-0.2, 0) is 0 Å². The van der Waals surface area contributed by atoms with E-state index in [1.54, 1.807) is 30.3 Å². The Morgan fingerprint density at radius 2 is 1.72 bits per heavy atom. The summed E-state index contributed by atoms with van der Waals surface area (Å²) in [4.78, 5) is 12.4. The third-order valence-corrected chi connectivity index (χ3v) is 5.12. The molecule has 0 saturated carbocycles. The zero-order chi connectivity index (χ0) is 22.9. The highest BCUT2D eigenvalue weighted by molar-refractivity contribution is 6.33. The molecule has 9 heteroatoms. The van der Waals surface area contributed by atoms with Crippen molar-refractivity contribution in [1.29, 1.82) is 0 Å². The second-order valence-electron chi connectivity index (χ2n) is 7.03. The van der Waals surface area contributed by atoms with E-state index in [0.29, 0.717) is 16.9 Å². The molecule has 0 fully saturated rings. The zero-order valence-corrected chi connectivity index (χ0v) is 17.1. The summed E-state index contributed by atoms with van der Waals surface area (Å²) in [5, 5.41) is 4.13. The summed E-state index contributed by atoms with van der Waals surface area (Å²) in [6, 6.07) is 16.1. The number of alkyl halides is 3. The molecule has 2 N–H and O–H groups in total. The maximum Gasteiger partial charge on any atom is 0.409 e. The molecule has 0 saturated heterocycles. The van der Waals surface area contributed by atoms with Gasteiger partial charge in [-0.25, -0.2) is 9.82 Å². The van der Waals surface area contributed by atoms with Gasteiger partial charge < -0.3 is 5.32 Å². The van der Waals surface area contributed by atoms with Crippen molar-refractivity contribution < 1.29 is 22.4 Å². The molecule has 0 aliphatic carbocycles. The standard InChI is InChI=1S/C23H16ClF4N3O/c24-18-6-1-2-7-19(18)31-20(13-21(30-31)23(26,27)28)14-8-10-15(11-9-14)22(32)29-17-5-3-4-16(25)12-17/h1-13,21,30H,(H,29,32). The van der Waals surface area contributed by atoms with Gasteiger partial charge >= 0.3 is 6.18 Å². The molecule has 1 unspecified atom stereocenters. The lowest BCUT2D eigenvalue weighted by Crippen LogP contribution is -2.44. The summed E-state index contributed by atoms with van der Waals surface area (Å²) in [7, 11) is 0. The number of rotatable bonds is 4. The van der Waals surface area contributed by atoms with Crippen LogP contribution in [0, 0.1) is 5.82 Å². The van der Waals surface area contributed by atoms with Crippen LogP contribution in [-0.4, -0.2) is 18.1 Å². The topological polar surface area (TPSA) is 44.4 Å². The van der Waals surface area contributed by atoms with Crippen LogP contribution < -0.4 is 15.8 Å². The minimum absolute atomic E-state index is 0.248. The molecule has 4 rings (SSSR count). The van der Waals surface area contributed by atoms with Crippen LogP contribution in [0.1, 0.15) is 15.9 Å². The third-order valence-electron chi connectivity index (χ3n) is 4.80. The first-order valence-electron chi connectivity index (χ1n) is 9.49. The third kappa shape index (κ3) is 4.61. The van der Waals surface area contributed by atoms with Gasteiger partial charge in [0.2, 0.25) is 0 Å². The number of amides is 1. The molecule has 1 aliphatic rings. The average molecular weight is 462 g/mol. The minimum atomic E-state index is -4.51. The van der Waals surface area contributed by atoms with Gasteiger partial charge in [-0.15, -0.1) is 0 Å². The molecule has 164 valence electrons. The van der Waals surface area contributed by atoms with Crippen molar-refractivity contribution in [2.75, 3.05) is 10.3 Å². The van der Waals surface area contributed by atoms with E-state index < -0.39 is 23.9 Å². The van der Waals surface area contributed by atoms with E-state index in [2.05, 4.69) is 10.7 Å². The second-order valence-corrected chi connectivity index (χ2v) is 7.44. The van der Waals surface area contributed by atoms with Gasteiger partial charge in [-0.1, -0.05) is 41.9 Å². The number of hydrogen-bond acceptors (Lipinski definition) is 3. The Hall–Kier alpha value is -3.36. The first-order chi connectivity index (χ1) is 15.2. The van der Waals surface area contributed by atoms with E-state index in [0.717, 1.165) is 6.08 Å². The molecule has 1 heterocycles. The molecule has 3 aromatic carbocycles. The van der Waals surface area contributed by atoms with Gasteiger partial charge in [0.05, 0.1) is 16.4 Å². The summed E-state index contributed by atoms with van der Waals surface area (Å²) in [5.41, 5.74) is 4.04. The number of benzene rings is 3. The molecular weight excluding hydrogens is 446 g/mol. The first-order valence-corrected chi connectivity index (χ1v) is 9.87. The summed E-state index contributed by atoms with van der Waals surface area (Å²) in [6.45, 7) is 0. The lowest BCUT2D eigenvalue weighted by molar-refractivity contribution is -0.142. The van der Waals surface area contributed by atoms with Crippen molar-refractivity contribution in [1.82, 2.24) is 5.43 Å². The van der Waals surface area contributed by atoms with Gasteiger partial charge in [0, 0.05) is 11.3 Å². The zero-order valence-electron chi connectivity index (χ0n) is 16.3. The fourth-order valence-corrected chi connectivity index (χ4v) is 3.49. The van der Waals surface area contributed by atoms with Crippen molar-refractivity contribution in [2.45, 2.75) is 12.2 Å². The Balaban J connectivity index is 1.61. The van der Waals surface area contributed by atoms with Crippen LogP contribution in [0.15, 0.2) is 78.9 Å². The molecule has 32 heavy (non-hydrogen) atoms. The number of hydrogen-bond donors (Lipinski definition) is 2. The predicted octanol–water partition coefficient (Wildman–Crippen LogP) is 6.03. The van der Waals surface area contributed by atoms with Crippen LogP contribution >= 0.6 is 11.6 Å². The van der Waals surface area contributed by atoms with Gasteiger partial charge in [-0.05, 0) is 54.1 Å². The van der Waals surface area contributed by atoms with Gasteiger partial charge in [-0.3, -0.25) is 9.80 Å². The molecule has 3 aromatic rings. The molecule has 0 spiro atoms. The van der Waals surface area contributed by atoms with E-state index in [1.165, 1.54) is 47.5 Å². The molecule has 4 nitrogen and oxygen atoms in total. The lowest BCUT2D eigenvalue weighted by Gasteiger charge is -2.26. The van der Waals surface area contributed by atoms with E-state index in [4.69, 9.17) is 11.6 Å². The van der Waals surface area contributed by atoms with E-state index >= 15 is 0 Å². The monoisotopic (exact) mass is 461 g/mol. The Morgan fingerprint density at radius 1 is 1.00 bits per heavy atom. The number of carbonyl (C=O) groups is 1. The summed E-state index contributed by atoms with van der Waals surface area (Å²) in [6.07, 6.45) is -3.45. The molecule has 0 radical (unpaired) electrons. The number of anilines is 2. The number of halogens is 5. The molecule has 1 atom stereocenters. The smallest absolute Gasteiger partial charge is 0.322 e. The Kier molecular flexibility index (Phi) is 5.90. The maximum absolute atomic E-state index is 13.4. The predicted molar refractivity (Wildman–Crippen MR) is 116 cm³/mol. The number of carbonyl (C=O) groups excluding carboxylic acids is 1. The van der Waals surface area contributed by atoms with Crippen molar-refractivity contribution in [2.24, 2.45) is 0 Å². The number of nitrogens with one attached hydrogen (secondary N) is 2. The lowest BCUT2D eigenvalue weighted by atomic mass is 10.1. The van der Waals surface area contributed by atoms with Crippen LogP contribution in [0.25, 0.3) is 5.70 Å². The highest BCUT2D eigenvalue weighted by atomic mass is 35.5. The Morgan fingerprint density at radius 3 is 2.38 bits per heavy atom. The molecule has 0 aromatic heterocycles. The van der Waals surface area contributed by atoms with Crippen molar-refractivity contribution >= 4 is 34.6 Å². The van der Waals surface area contributed by atoms with Gasteiger partial charge in [0.25, 0.3) is 5.91 Å². The van der Waals surface area contributed by atoms with Gasteiger partial charge in [0.1, 0.15) is 11.9 Å².